The molecule has 0 aliphatic carbocycles. The number of nitrogens with one attached hydrogen (secondary N) is 1. The second kappa shape index (κ2) is 7.66. The van der Waals surface area contributed by atoms with Crippen LogP contribution >= 0.6 is 0 Å². The number of anilines is 2. The second-order valence-electron chi connectivity index (χ2n) is 8.14. The number of ether oxygens (including phenoxy) is 1. The Morgan fingerprint density at radius 2 is 1.82 bits per heavy atom. The van der Waals surface area contributed by atoms with Gasteiger partial charge in [-0.25, -0.2) is 0 Å². The van der Waals surface area contributed by atoms with Crippen molar-refractivity contribution in [1.29, 1.82) is 0 Å². The molecule has 1 N–H and O–H groups in total. The van der Waals surface area contributed by atoms with Crippen molar-refractivity contribution in [3.05, 3.63) is 53.1 Å². The molecular formula is C23H28N2O3. The molecule has 0 saturated heterocycles. The van der Waals surface area contributed by atoms with E-state index >= 15 is 0 Å². The lowest BCUT2D eigenvalue weighted by Crippen LogP contribution is -2.42. The third-order valence-corrected chi connectivity index (χ3v) is 4.85. The van der Waals surface area contributed by atoms with Crippen LogP contribution in [0.15, 0.2) is 36.4 Å². The number of hydrogen-bond donors (Lipinski definition) is 1. The van der Waals surface area contributed by atoms with Crippen molar-refractivity contribution >= 4 is 23.2 Å². The molecule has 28 heavy (non-hydrogen) atoms. The summed E-state index contributed by atoms with van der Waals surface area (Å²) in [6.07, 6.45) is 0.854. The minimum atomic E-state index is -0.601. The molecule has 0 bridgehead atoms. The number of aryl methyl sites for hydroxylation is 2. The van der Waals surface area contributed by atoms with Crippen LogP contribution in [0.4, 0.5) is 11.4 Å². The molecule has 0 fully saturated rings. The molecule has 0 atom stereocenters. The van der Waals surface area contributed by atoms with Gasteiger partial charge in [0.25, 0.3) is 5.91 Å². The Labute approximate surface area is 166 Å². The maximum Gasteiger partial charge on any atom is 0.255 e. The Hall–Kier alpha value is -2.82. The number of benzene rings is 2. The number of nitrogens with zero attached hydrogens (tertiary/aromatic N) is 1. The molecule has 5 heteroatoms. The van der Waals surface area contributed by atoms with Gasteiger partial charge in [0, 0.05) is 23.9 Å². The molecule has 0 aromatic heterocycles. The van der Waals surface area contributed by atoms with Crippen LogP contribution in [-0.4, -0.2) is 25.0 Å². The molecule has 2 aromatic rings. The summed E-state index contributed by atoms with van der Waals surface area (Å²) in [5, 5.41) is 2.94. The van der Waals surface area contributed by atoms with Crippen LogP contribution in [0.2, 0.25) is 0 Å². The van der Waals surface area contributed by atoms with Crippen molar-refractivity contribution in [1.82, 2.24) is 0 Å². The van der Waals surface area contributed by atoms with Gasteiger partial charge in [-0.05, 0) is 58.4 Å². The summed E-state index contributed by atoms with van der Waals surface area (Å²) in [5.74, 6) is 0.507. The second-order valence-corrected chi connectivity index (χ2v) is 8.14. The Bertz CT molecular complexity index is 898. The highest BCUT2D eigenvalue weighted by Gasteiger charge is 2.37. The molecule has 1 heterocycles. The van der Waals surface area contributed by atoms with E-state index in [1.165, 1.54) is 0 Å². The average molecular weight is 380 g/mol. The minimum Gasteiger partial charge on any atom is -0.490 e. The van der Waals surface area contributed by atoms with E-state index in [0.29, 0.717) is 30.2 Å². The van der Waals surface area contributed by atoms with Gasteiger partial charge in [-0.3, -0.25) is 9.59 Å². The molecule has 1 aliphatic heterocycles. The first-order valence-corrected chi connectivity index (χ1v) is 9.70. The summed E-state index contributed by atoms with van der Waals surface area (Å²) in [6, 6.07) is 11.2. The summed E-state index contributed by atoms with van der Waals surface area (Å²) >= 11 is 0. The van der Waals surface area contributed by atoms with Gasteiger partial charge in [-0.2, -0.15) is 0 Å². The zero-order chi connectivity index (χ0) is 20.5. The molecule has 0 unspecified atom stereocenters. The van der Waals surface area contributed by atoms with Crippen molar-refractivity contribution in [2.75, 3.05) is 23.4 Å². The van der Waals surface area contributed by atoms with Gasteiger partial charge in [-0.15, -0.1) is 0 Å². The first kappa shape index (κ1) is 19.9. The van der Waals surface area contributed by atoms with Gasteiger partial charge in [0.15, 0.2) is 0 Å². The quantitative estimate of drug-likeness (QED) is 0.835. The van der Waals surface area contributed by atoms with E-state index in [1.807, 2.05) is 65.0 Å². The van der Waals surface area contributed by atoms with Crippen LogP contribution in [0.3, 0.4) is 0 Å². The Kier molecular flexibility index (Phi) is 5.45. The maximum absolute atomic E-state index is 12.9. The summed E-state index contributed by atoms with van der Waals surface area (Å²) in [5.41, 5.74) is 3.51. The van der Waals surface area contributed by atoms with E-state index in [-0.39, 0.29) is 11.8 Å². The molecule has 1 aliphatic rings. The molecule has 0 spiro atoms. The van der Waals surface area contributed by atoms with Gasteiger partial charge in [0.2, 0.25) is 5.91 Å². The van der Waals surface area contributed by atoms with E-state index in [4.69, 9.17) is 4.74 Å². The third kappa shape index (κ3) is 4.03. The van der Waals surface area contributed by atoms with Crippen LogP contribution in [-0.2, 0) is 4.79 Å². The Morgan fingerprint density at radius 3 is 2.46 bits per heavy atom. The van der Waals surface area contributed by atoms with Gasteiger partial charge < -0.3 is 15.0 Å². The Morgan fingerprint density at radius 1 is 1.14 bits per heavy atom. The number of carbonyl (C=O) groups excluding carboxylic acids is 2. The van der Waals surface area contributed by atoms with Crippen LogP contribution in [0, 0.1) is 19.3 Å². The molecule has 2 aromatic carbocycles. The van der Waals surface area contributed by atoms with Crippen LogP contribution in [0.25, 0.3) is 0 Å². The standard InChI is InChI=1S/C23H28N2O3/c1-6-9-25-19-8-7-18(13-20(19)28-14-23(4,5)22(25)27)24-21(26)17-11-15(2)10-16(3)12-17/h7-8,10-13H,6,9,14H2,1-5H3,(H,24,26). The zero-order valence-corrected chi connectivity index (χ0v) is 17.3. The first-order valence-electron chi connectivity index (χ1n) is 9.70. The fourth-order valence-electron chi connectivity index (χ4n) is 3.48. The van der Waals surface area contributed by atoms with E-state index in [9.17, 15) is 9.59 Å². The predicted molar refractivity (Wildman–Crippen MR) is 112 cm³/mol. The fraction of sp³-hybridized carbons (Fsp3) is 0.391. The predicted octanol–water partition coefficient (Wildman–Crippen LogP) is 4.72. The SMILES string of the molecule is CCCN1C(=O)C(C)(C)COc2cc(NC(=O)c3cc(C)cc(C)c3)ccc21. The summed E-state index contributed by atoms with van der Waals surface area (Å²) in [4.78, 5) is 27.4. The van der Waals surface area contributed by atoms with Gasteiger partial charge in [0.1, 0.15) is 12.4 Å². The monoisotopic (exact) mass is 380 g/mol. The largest absolute Gasteiger partial charge is 0.490 e. The lowest BCUT2D eigenvalue weighted by Gasteiger charge is -2.27. The van der Waals surface area contributed by atoms with Crippen LogP contribution in [0.5, 0.6) is 5.75 Å². The maximum atomic E-state index is 12.9. The van der Waals surface area contributed by atoms with E-state index in [0.717, 1.165) is 23.2 Å². The average Bonchev–Trinajstić information content (AvgIpc) is 2.71. The normalized spacial score (nSPS) is 15.5. The number of rotatable bonds is 4. The molecule has 0 radical (unpaired) electrons. The zero-order valence-electron chi connectivity index (χ0n) is 17.3. The lowest BCUT2D eigenvalue weighted by atomic mass is 9.93. The molecule has 148 valence electrons. The van der Waals surface area contributed by atoms with Crippen molar-refractivity contribution in [2.45, 2.75) is 41.0 Å². The third-order valence-electron chi connectivity index (χ3n) is 4.85. The van der Waals surface area contributed by atoms with E-state index in [1.54, 1.807) is 11.0 Å². The minimum absolute atomic E-state index is 0.0557. The number of amides is 2. The van der Waals surface area contributed by atoms with E-state index in [2.05, 4.69) is 5.32 Å². The topological polar surface area (TPSA) is 58.6 Å². The smallest absolute Gasteiger partial charge is 0.255 e. The molecule has 0 saturated carbocycles. The highest BCUT2D eigenvalue weighted by Crippen LogP contribution is 2.38. The summed E-state index contributed by atoms with van der Waals surface area (Å²) in [7, 11) is 0. The van der Waals surface area contributed by atoms with Crippen LogP contribution < -0.4 is 15.0 Å². The number of carbonyl (C=O) groups is 2. The van der Waals surface area contributed by atoms with Crippen molar-refractivity contribution in [2.24, 2.45) is 5.41 Å². The van der Waals surface area contributed by atoms with Crippen molar-refractivity contribution in [3.63, 3.8) is 0 Å². The Balaban J connectivity index is 1.90. The van der Waals surface area contributed by atoms with Crippen molar-refractivity contribution in [3.8, 4) is 5.75 Å². The first-order chi connectivity index (χ1) is 13.2. The van der Waals surface area contributed by atoms with Crippen LogP contribution in [0.1, 0.15) is 48.7 Å². The highest BCUT2D eigenvalue weighted by molar-refractivity contribution is 6.05. The lowest BCUT2D eigenvalue weighted by molar-refractivity contribution is -0.127. The molecular weight excluding hydrogens is 352 g/mol. The van der Waals surface area contributed by atoms with Gasteiger partial charge in [-0.1, -0.05) is 24.1 Å². The number of fused-ring (bicyclic) bond motifs is 1. The summed E-state index contributed by atoms with van der Waals surface area (Å²) in [6.45, 7) is 10.7. The van der Waals surface area contributed by atoms with Gasteiger partial charge in [0.05, 0.1) is 11.1 Å². The molecule has 2 amide bonds. The molecule has 3 rings (SSSR count). The number of hydrogen-bond acceptors (Lipinski definition) is 3. The van der Waals surface area contributed by atoms with E-state index < -0.39 is 5.41 Å². The molecule has 5 nitrogen and oxygen atoms in total. The van der Waals surface area contributed by atoms with Gasteiger partial charge >= 0.3 is 0 Å². The van der Waals surface area contributed by atoms with Crippen molar-refractivity contribution < 1.29 is 14.3 Å². The summed E-state index contributed by atoms with van der Waals surface area (Å²) < 4.78 is 5.96. The fourth-order valence-corrected chi connectivity index (χ4v) is 3.48. The highest BCUT2D eigenvalue weighted by atomic mass is 16.5.